The second-order valence-corrected chi connectivity index (χ2v) is 8.77. The van der Waals surface area contributed by atoms with Crippen molar-refractivity contribution in [2.45, 2.75) is 47.0 Å². The van der Waals surface area contributed by atoms with E-state index in [1.54, 1.807) is 6.08 Å². The number of nitrogens with two attached hydrogens (primary N) is 1. The fourth-order valence-electron chi connectivity index (χ4n) is 6.47. The molecule has 5 unspecified atom stereocenters. The Labute approximate surface area is 161 Å². The maximum Gasteiger partial charge on any atom is 0.244 e. The van der Waals surface area contributed by atoms with Crippen molar-refractivity contribution < 1.29 is 9.59 Å². The number of hydrogen-bond donors (Lipinski definition) is 1. The molecule has 4 aliphatic rings. The van der Waals surface area contributed by atoms with Crippen LogP contribution in [-0.4, -0.2) is 11.7 Å². The smallest absolute Gasteiger partial charge is 0.244 e. The molecule has 0 heterocycles. The van der Waals surface area contributed by atoms with Gasteiger partial charge in [0.2, 0.25) is 5.91 Å². The predicted octanol–water partition coefficient (Wildman–Crippen LogP) is 4.43. The predicted molar refractivity (Wildman–Crippen MR) is 108 cm³/mol. The normalized spacial score (nSPS) is 38.3. The number of allylic oxidation sites excluding steroid dienone is 8. The Morgan fingerprint density at radius 2 is 1.96 bits per heavy atom. The first-order chi connectivity index (χ1) is 12.8. The molecule has 1 amide bonds. The van der Waals surface area contributed by atoms with E-state index in [9.17, 15) is 9.59 Å². The van der Waals surface area contributed by atoms with Gasteiger partial charge in [-0.05, 0) is 74.9 Å². The highest BCUT2D eigenvalue weighted by molar-refractivity contribution is 6.14. The molecule has 3 nitrogen and oxygen atoms in total. The van der Waals surface area contributed by atoms with Crippen molar-refractivity contribution in [1.29, 1.82) is 0 Å². The molecule has 4 aliphatic carbocycles. The molecule has 0 spiro atoms. The van der Waals surface area contributed by atoms with E-state index in [0.717, 1.165) is 47.1 Å². The average Bonchev–Trinajstić information content (AvgIpc) is 2.63. The Balaban J connectivity index is 1.86. The monoisotopic (exact) mass is 363 g/mol. The SMILES string of the molecule is C=C/C(C)=C1/C(=O)C2=C3C(C)C4C(C(N)=O)=C(C)CC(CC2C/C1=C/C)C34. The molecule has 3 heteroatoms. The van der Waals surface area contributed by atoms with Crippen molar-refractivity contribution in [3.63, 3.8) is 0 Å². The molecule has 5 atom stereocenters. The lowest BCUT2D eigenvalue weighted by molar-refractivity contribution is -0.116. The van der Waals surface area contributed by atoms with Gasteiger partial charge in [0.25, 0.3) is 0 Å². The van der Waals surface area contributed by atoms with E-state index < -0.39 is 0 Å². The number of carbonyl (C=O) groups excluding carboxylic acids is 2. The third kappa shape index (κ3) is 2.33. The minimum atomic E-state index is -0.275. The highest BCUT2D eigenvalue weighted by Crippen LogP contribution is 2.64. The molecule has 0 aromatic carbocycles. The third-order valence-electron chi connectivity index (χ3n) is 7.52. The van der Waals surface area contributed by atoms with Crippen LogP contribution in [0.1, 0.15) is 47.0 Å². The van der Waals surface area contributed by atoms with Crippen molar-refractivity contribution in [1.82, 2.24) is 0 Å². The first-order valence-corrected chi connectivity index (χ1v) is 10.1. The van der Waals surface area contributed by atoms with Crippen molar-refractivity contribution in [3.05, 3.63) is 57.7 Å². The number of fused-ring (bicyclic) bond motifs is 1. The van der Waals surface area contributed by atoms with Crippen LogP contribution in [0.25, 0.3) is 0 Å². The second kappa shape index (κ2) is 6.19. The summed E-state index contributed by atoms with van der Waals surface area (Å²) in [5, 5.41) is 0. The molecule has 0 aromatic rings. The molecule has 142 valence electrons. The van der Waals surface area contributed by atoms with Crippen LogP contribution in [0.2, 0.25) is 0 Å². The summed E-state index contributed by atoms with van der Waals surface area (Å²) in [6, 6.07) is 0. The van der Waals surface area contributed by atoms with Gasteiger partial charge in [-0.1, -0.05) is 36.8 Å². The molecule has 0 aromatic heterocycles. The van der Waals surface area contributed by atoms with Crippen molar-refractivity contribution in [3.8, 4) is 0 Å². The van der Waals surface area contributed by atoms with Gasteiger partial charge in [0.1, 0.15) is 0 Å². The Kier molecular flexibility index (Phi) is 4.17. The molecule has 2 N–H and O–H groups in total. The summed E-state index contributed by atoms with van der Waals surface area (Å²) in [6.07, 6.45) is 6.80. The van der Waals surface area contributed by atoms with E-state index in [2.05, 4.69) is 26.5 Å². The molecule has 27 heavy (non-hydrogen) atoms. The van der Waals surface area contributed by atoms with Gasteiger partial charge in [-0.25, -0.2) is 0 Å². The molecule has 4 rings (SSSR count). The Morgan fingerprint density at radius 1 is 1.26 bits per heavy atom. The first kappa shape index (κ1) is 18.2. The second-order valence-electron chi connectivity index (χ2n) is 8.77. The summed E-state index contributed by atoms with van der Waals surface area (Å²) in [6.45, 7) is 12.1. The summed E-state index contributed by atoms with van der Waals surface area (Å²) < 4.78 is 0. The maximum atomic E-state index is 13.6. The van der Waals surface area contributed by atoms with Gasteiger partial charge < -0.3 is 5.73 Å². The van der Waals surface area contributed by atoms with Crippen LogP contribution in [0.3, 0.4) is 0 Å². The highest BCUT2D eigenvalue weighted by atomic mass is 16.1. The van der Waals surface area contributed by atoms with E-state index >= 15 is 0 Å². The summed E-state index contributed by atoms with van der Waals surface area (Å²) in [5.74, 6) is 1.54. The Bertz CT molecular complexity index is 895. The average molecular weight is 364 g/mol. The van der Waals surface area contributed by atoms with Gasteiger partial charge in [-0.2, -0.15) is 0 Å². The minimum absolute atomic E-state index is 0.197. The summed E-state index contributed by atoms with van der Waals surface area (Å²) in [7, 11) is 0. The van der Waals surface area contributed by atoms with E-state index in [4.69, 9.17) is 5.73 Å². The molecule has 2 saturated carbocycles. The third-order valence-corrected chi connectivity index (χ3v) is 7.52. The minimum Gasteiger partial charge on any atom is -0.366 e. The number of carbonyl (C=O) groups is 2. The first-order valence-electron chi connectivity index (χ1n) is 10.1. The van der Waals surface area contributed by atoms with Crippen molar-refractivity contribution in [2.24, 2.45) is 35.3 Å². The zero-order valence-electron chi connectivity index (χ0n) is 16.8. The van der Waals surface area contributed by atoms with Crippen LogP contribution < -0.4 is 5.73 Å². The lowest BCUT2D eigenvalue weighted by Crippen LogP contribution is -2.53. The van der Waals surface area contributed by atoms with E-state index in [-0.39, 0.29) is 23.5 Å². The van der Waals surface area contributed by atoms with Crippen LogP contribution in [0.15, 0.2) is 57.7 Å². The standard InChI is InChI=1S/C24H29NO2/c1-6-11(3)17-14(7-2)9-16-10-15-8-12(4)18(24(25)27)19-13(5)20(21(15)19)22(16)23(17)26/h6-7,13,15-16,19,21H,1,8-10H2,2-5H3,(H2,25,27)/b14-7-,17-11+. The maximum absolute atomic E-state index is 13.6. The van der Waals surface area contributed by atoms with Gasteiger partial charge in [0.05, 0.1) is 0 Å². The molecule has 0 radical (unpaired) electrons. The number of rotatable bonds is 2. The van der Waals surface area contributed by atoms with Crippen LogP contribution in [-0.2, 0) is 9.59 Å². The van der Waals surface area contributed by atoms with Gasteiger partial charge in [0, 0.05) is 22.6 Å². The fourth-order valence-corrected chi connectivity index (χ4v) is 6.47. The lowest BCUT2D eigenvalue weighted by Gasteiger charge is -2.58. The molecular weight excluding hydrogens is 334 g/mol. The largest absolute Gasteiger partial charge is 0.366 e. The molecule has 0 saturated heterocycles. The van der Waals surface area contributed by atoms with Gasteiger partial charge in [-0.15, -0.1) is 0 Å². The van der Waals surface area contributed by atoms with E-state index in [0.29, 0.717) is 17.8 Å². The number of hydrogen-bond acceptors (Lipinski definition) is 2. The van der Waals surface area contributed by atoms with Crippen molar-refractivity contribution >= 4 is 11.7 Å². The molecular formula is C24H29NO2. The number of amides is 1. The molecule has 0 bridgehead atoms. The van der Waals surface area contributed by atoms with E-state index in [1.807, 2.05) is 13.8 Å². The van der Waals surface area contributed by atoms with Gasteiger partial charge in [-0.3, -0.25) is 9.59 Å². The van der Waals surface area contributed by atoms with Crippen molar-refractivity contribution in [2.75, 3.05) is 0 Å². The molecule has 0 aliphatic heterocycles. The van der Waals surface area contributed by atoms with Gasteiger partial charge >= 0.3 is 0 Å². The quantitative estimate of drug-likeness (QED) is 0.738. The van der Waals surface area contributed by atoms with E-state index in [1.165, 1.54) is 11.1 Å². The zero-order valence-corrected chi connectivity index (χ0v) is 16.8. The highest BCUT2D eigenvalue weighted by Gasteiger charge is 2.58. The topological polar surface area (TPSA) is 60.2 Å². The Hall–Kier alpha value is -2.16. The fraction of sp³-hybridized carbons (Fsp3) is 0.500. The van der Waals surface area contributed by atoms with Crippen LogP contribution >= 0.6 is 0 Å². The van der Waals surface area contributed by atoms with Crippen LogP contribution in [0.5, 0.6) is 0 Å². The zero-order chi connectivity index (χ0) is 19.6. The Morgan fingerprint density at radius 3 is 2.56 bits per heavy atom. The number of primary amides is 1. The number of Topliss-reactive ketones (excluding diaryl/α,β-unsaturated/α-hetero) is 1. The summed E-state index contributed by atoms with van der Waals surface area (Å²) >= 11 is 0. The summed E-state index contributed by atoms with van der Waals surface area (Å²) in [4.78, 5) is 25.6. The lowest BCUT2D eigenvalue weighted by atomic mass is 9.44. The number of ketones is 1. The summed E-state index contributed by atoms with van der Waals surface area (Å²) in [5.41, 5.74) is 13.1. The van der Waals surface area contributed by atoms with Crippen LogP contribution in [0, 0.1) is 29.6 Å². The van der Waals surface area contributed by atoms with Crippen LogP contribution in [0.4, 0.5) is 0 Å². The van der Waals surface area contributed by atoms with Gasteiger partial charge in [0.15, 0.2) is 5.78 Å². The molecule has 2 fully saturated rings.